The molecule has 0 atom stereocenters. The first-order valence-corrected chi connectivity index (χ1v) is 13.9. The third kappa shape index (κ3) is 6.44. The summed E-state index contributed by atoms with van der Waals surface area (Å²) in [6.07, 6.45) is 1.62. The van der Waals surface area contributed by atoms with Crippen molar-refractivity contribution in [3.05, 3.63) is 53.1 Å². The number of benzene rings is 2. The molecule has 4 rings (SSSR count). The molecule has 2 heterocycles. The van der Waals surface area contributed by atoms with E-state index in [1.807, 2.05) is 25.1 Å². The third-order valence-electron chi connectivity index (χ3n) is 5.37. The summed E-state index contributed by atoms with van der Waals surface area (Å²) in [5.41, 5.74) is 2.38. The van der Waals surface area contributed by atoms with Crippen molar-refractivity contribution in [1.29, 1.82) is 0 Å². The molecular weight excluding hydrogens is 548 g/mol. The second kappa shape index (κ2) is 11.9. The van der Waals surface area contributed by atoms with Crippen molar-refractivity contribution in [2.24, 2.45) is 0 Å². The molecule has 0 aliphatic carbocycles. The zero-order chi connectivity index (χ0) is 25.5. The van der Waals surface area contributed by atoms with Crippen LogP contribution in [0.25, 0.3) is 0 Å². The SMILES string of the molecule is CCNS(=O)(=O)c1cccc(Nc2nc(Nc3ccc(N4CCOCC4)cc3OCC)ncc2Br)c1. The van der Waals surface area contributed by atoms with Gasteiger partial charge in [-0.15, -0.1) is 0 Å². The topological polar surface area (TPSA) is 118 Å². The maximum Gasteiger partial charge on any atom is 0.240 e. The van der Waals surface area contributed by atoms with Gasteiger partial charge in [-0.2, -0.15) is 4.98 Å². The van der Waals surface area contributed by atoms with E-state index in [-0.39, 0.29) is 4.90 Å². The Morgan fingerprint density at radius 1 is 1.11 bits per heavy atom. The van der Waals surface area contributed by atoms with Crippen LogP contribution in [-0.2, 0) is 14.8 Å². The molecule has 3 aromatic rings. The van der Waals surface area contributed by atoms with Crippen LogP contribution in [0.2, 0.25) is 0 Å². The van der Waals surface area contributed by atoms with Gasteiger partial charge in [0.15, 0.2) is 0 Å². The first kappa shape index (κ1) is 26.1. The number of rotatable bonds is 10. The summed E-state index contributed by atoms with van der Waals surface area (Å²) in [5, 5.41) is 6.40. The number of sulfonamides is 1. The third-order valence-corrected chi connectivity index (χ3v) is 7.50. The van der Waals surface area contributed by atoms with E-state index in [1.165, 1.54) is 0 Å². The highest BCUT2D eigenvalue weighted by Crippen LogP contribution is 2.33. The Morgan fingerprint density at radius 2 is 1.92 bits per heavy atom. The van der Waals surface area contributed by atoms with Crippen molar-refractivity contribution in [3.63, 3.8) is 0 Å². The van der Waals surface area contributed by atoms with E-state index >= 15 is 0 Å². The van der Waals surface area contributed by atoms with Crippen molar-refractivity contribution in [3.8, 4) is 5.75 Å². The molecule has 3 N–H and O–H groups in total. The van der Waals surface area contributed by atoms with Gasteiger partial charge in [0.05, 0.1) is 34.9 Å². The normalized spacial score (nSPS) is 13.9. The van der Waals surface area contributed by atoms with E-state index in [1.54, 1.807) is 37.4 Å². The molecular formula is C24H29BrN6O4S. The van der Waals surface area contributed by atoms with Crippen LogP contribution in [0.3, 0.4) is 0 Å². The van der Waals surface area contributed by atoms with E-state index in [0.29, 0.717) is 54.0 Å². The molecule has 10 nitrogen and oxygen atoms in total. The second-order valence-electron chi connectivity index (χ2n) is 7.88. The number of halogens is 1. The Labute approximate surface area is 219 Å². The molecule has 0 bridgehead atoms. The van der Waals surface area contributed by atoms with Crippen LogP contribution in [0, 0.1) is 0 Å². The predicted octanol–water partition coefficient (Wildman–Crippen LogP) is 4.26. The number of aromatic nitrogens is 2. The fraction of sp³-hybridized carbons (Fsp3) is 0.333. The molecule has 36 heavy (non-hydrogen) atoms. The average molecular weight is 578 g/mol. The van der Waals surface area contributed by atoms with Crippen LogP contribution in [0.4, 0.5) is 28.8 Å². The standard InChI is InChI=1S/C24H29BrN6O4S/c1-3-27-36(32,33)19-7-5-6-17(14-19)28-23-20(25)16-26-24(30-23)29-21-9-8-18(15-22(21)35-4-2)31-10-12-34-13-11-31/h5-9,14-16,27H,3-4,10-13H2,1-2H3,(H2,26,28,29,30). The average Bonchev–Trinajstić information content (AvgIpc) is 2.88. The molecule has 1 saturated heterocycles. The minimum atomic E-state index is -3.58. The summed E-state index contributed by atoms with van der Waals surface area (Å²) in [6.45, 7) is 7.57. The van der Waals surface area contributed by atoms with Gasteiger partial charge in [0.1, 0.15) is 11.6 Å². The Kier molecular flexibility index (Phi) is 8.62. The van der Waals surface area contributed by atoms with E-state index in [4.69, 9.17) is 9.47 Å². The summed E-state index contributed by atoms with van der Waals surface area (Å²) < 4.78 is 39.2. The van der Waals surface area contributed by atoms with Gasteiger partial charge in [0.25, 0.3) is 0 Å². The van der Waals surface area contributed by atoms with Crippen LogP contribution in [0.15, 0.2) is 58.0 Å². The molecule has 192 valence electrons. The van der Waals surface area contributed by atoms with Crippen LogP contribution < -0.4 is 25.0 Å². The van der Waals surface area contributed by atoms with Gasteiger partial charge >= 0.3 is 0 Å². The van der Waals surface area contributed by atoms with Crippen LogP contribution in [0.5, 0.6) is 5.75 Å². The minimum absolute atomic E-state index is 0.166. The van der Waals surface area contributed by atoms with Crippen LogP contribution in [0.1, 0.15) is 13.8 Å². The zero-order valence-corrected chi connectivity index (χ0v) is 22.5. The quantitative estimate of drug-likeness (QED) is 0.325. The molecule has 0 amide bonds. The summed E-state index contributed by atoms with van der Waals surface area (Å²) in [5.74, 6) is 1.54. The molecule has 2 aromatic carbocycles. The predicted molar refractivity (Wildman–Crippen MR) is 144 cm³/mol. The van der Waals surface area contributed by atoms with Gasteiger partial charge < -0.3 is 25.0 Å². The van der Waals surface area contributed by atoms with E-state index in [9.17, 15) is 8.42 Å². The lowest BCUT2D eigenvalue weighted by molar-refractivity contribution is 0.122. The number of anilines is 5. The zero-order valence-electron chi connectivity index (χ0n) is 20.1. The number of nitrogens with zero attached hydrogens (tertiary/aromatic N) is 3. The van der Waals surface area contributed by atoms with Crippen molar-refractivity contribution < 1.29 is 17.9 Å². The van der Waals surface area contributed by atoms with Crippen molar-refractivity contribution in [1.82, 2.24) is 14.7 Å². The largest absolute Gasteiger partial charge is 0.492 e. The number of hydrogen-bond acceptors (Lipinski definition) is 9. The molecule has 1 aromatic heterocycles. The molecule has 1 aliphatic heterocycles. The van der Waals surface area contributed by atoms with Crippen molar-refractivity contribution in [2.75, 3.05) is 55.0 Å². The molecule has 1 fully saturated rings. The highest BCUT2D eigenvalue weighted by molar-refractivity contribution is 9.10. The maximum atomic E-state index is 12.4. The lowest BCUT2D eigenvalue weighted by Gasteiger charge is -2.29. The Hall–Kier alpha value is -2.93. The van der Waals surface area contributed by atoms with Gasteiger partial charge in [-0.1, -0.05) is 13.0 Å². The molecule has 0 saturated carbocycles. The molecule has 0 spiro atoms. The Balaban J connectivity index is 1.56. The fourth-order valence-corrected chi connectivity index (χ4v) is 5.07. The van der Waals surface area contributed by atoms with Gasteiger partial charge in [0, 0.05) is 43.3 Å². The molecule has 12 heteroatoms. The summed E-state index contributed by atoms with van der Waals surface area (Å²) in [6, 6.07) is 12.5. The van der Waals surface area contributed by atoms with E-state index < -0.39 is 10.0 Å². The van der Waals surface area contributed by atoms with Crippen LogP contribution in [-0.4, -0.2) is 57.8 Å². The first-order valence-electron chi connectivity index (χ1n) is 11.7. The first-order chi connectivity index (χ1) is 17.4. The number of nitrogens with one attached hydrogen (secondary N) is 3. The molecule has 1 aliphatic rings. The Morgan fingerprint density at radius 3 is 2.67 bits per heavy atom. The monoisotopic (exact) mass is 576 g/mol. The minimum Gasteiger partial charge on any atom is -0.492 e. The van der Waals surface area contributed by atoms with Crippen molar-refractivity contribution >= 4 is 54.8 Å². The molecule has 0 radical (unpaired) electrons. The van der Waals surface area contributed by atoms with E-state index in [0.717, 1.165) is 24.5 Å². The summed E-state index contributed by atoms with van der Waals surface area (Å²) in [7, 11) is -3.58. The summed E-state index contributed by atoms with van der Waals surface area (Å²) >= 11 is 3.46. The lowest BCUT2D eigenvalue weighted by atomic mass is 10.2. The van der Waals surface area contributed by atoms with E-state index in [2.05, 4.69) is 46.2 Å². The number of morpholine rings is 1. The van der Waals surface area contributed by atoms with Crippen molar-refractivity contribution in [2.45, 2.75) is 18.7 Å². The van der Waals surface area contributed by atoms with Gasteiger partial charge in [-0.25, -0.2) is 18.1 Å². The van der Waals surface area contributed by atoms with Gasteiger partial charge in [-0.05, 0) is 53.2 Å². The number of ether oxygens (including phenoxy) is 2. The highest BCUT2D eigenvalue weighted by Gasteiger charge is 2.16. The Bertz CT molecular complexity index is 1300. The molecule has 0 unspecified atom stereocenters. The summed E-state index contributed by atoms with van der Waals surface area (Å²) in [4.78, 5) is 11.4. The van der Waals surface area contributed by atoms with Crippen LogP contribution >= 0.6 is 15.9 Å². The van der Waals surface area contributed by atoms with Gasteiger partial charge in [-0.3, -0.25) is 0 Å². The maximum absolute atomic E-state index is 12.4. The number of hydrogen-bond donors (Lipinski definition) is 3. The van der Waals surface area contributed by atoms with Gasteiger partial charge in [0.2, 0.25) is 16.0 Å². The fourth-order valence-electron chi connectivity index (χ4n) is 3.69. The lowest BCUT2D eigenvalue weighted by Crippen LogP contribution is -2.36. The second-order valence-corrected chi connectivity index (χ2v) is 10.5. The highest BCUT2D eigenvalue weighted by atomic mass is 79.9. The smallest absolute Gasteiger partial charge is 0.240 e.